The van der Waals surface area contributed by atoms with Gasteiger partial charge in [0.1, 0.15) is 0 Å². The molecule has 0 radical (unpaired) electrons. The summed E-state index contributed by atoms with van der Waals surface area (Å²) >= 11 is 0. The van der Waals surface area contributed by atoms with Crippen LogP contribution in [0.4, 0.5) is 0 Å². The predicted molar refractivity (Wildman–Crippen MR) is 90.1 cm³/mol. The monoisotopic (exact) mass is 287 g/mol. The summed E-state index contributed by atoms with van der Waals surface area (Å²) in [7, 11) is 0. The topological polar surface area (TPSA) is 32.9 Å². The summed E-state index contributed by atoms with van der Waals surface area (Å²) in [5.74, 6) is 0. The van der Waals surface area contributed by atoms with Gasteiger partial charge in [0.2, 0.25) is 0 Å². The van der Waals surface area contributed by atoms with Crippen molar-refractivity contribution < 1.29 is 0 Å². The Labute approximate surface area is 129 Å². The number of rotatable bonds is 1. The maximum atomic E-state index is 12.2. The van der Waals surface area contributed by atoms with Crippen LogP contribution in [0.3, 0.4) is 0 Å². The van der Waals surface area contributed by atoms with Crippen LogP contribution >= 0.6 is 0 Å². The quantitative estimate of drug-likeness (QED) is 0.709. The van der Waals surface area contributed by atoms with Gasteiger partial charge in [-0.2, -0.15) is 0 Å². The molecule has 1 aliphatic rings. The molecule has 0 bridgehead atoms. The van der Waals surface area contributed by atoms with Crippen molar-refractivity contribution >= 4 is 0 Å². The van der Waals surface area contributed by atoms with Crippen molar-refractivity contribution in [2.75, 3.05) is 0 Å². The lowest BCUT2D eigenvalue weighted by atomic mass is 9.82. The first-order valence-corrected chi connectivity index (χ1v) is 7.52. The van der Waals surface area contributed by atoms with Gasteiger partial charge in [-0.3, -0.25) is 4.79 Å². The first kappa shape index (κ1) is 13.1. The van der Waals surface area contributed by atoms with Crippen molar-refractivity contribution in [2.45, 2.75) is 19.3 Å². The zero-order valence-electron chi connectivity index (χ0n) is 12.7. The molecule has 2 nitrogen and oxygen atoms in total. The van der Waals surface area contributed by atoms with Crippen LogP contribution in [0.5, 0.6) is 0 Å². The third-order valence-corrected chi connectivity index (χ3v) is 4.72. The van der Waals surface area contributed by atoms with Crippen LogP contribution in [-0.4, -0.2) is 4.98 Å². The van der Waals surface area contributed by atoms with Gasteiger partial charge in [-0.1, -0.05) is 56.3 Å². The fourth-order valence-corrected chi connectivity index (χ4v) is 3.61. The second kappa shape index (κ2) is 4.44. The van der Waals surface area contributed by atoms with Crippen molar-refractivity contribution in [3.63, 3.8) is 0 Å². The molecular formula is C20H17NO. The van der Waals surface area contributed by atoms with Gasteiger partial charge in [-0.25, -0.2) is 0 Å². The lowest BCUT2D eigenvalue weighted by Gasteiger charge is -2.21. The maximum absolute atomic E-state index is 12.2. The molecule has 0 fully saturated rings. The molecule has 1 heterocycles. The molecule has 0 saturated heterocycles. The molecular weight excluding hydrogens is 270 g/mol. The van der Waals surface area contributed by atoms with E-state index < -0.39 is 0 Å². The van der Waals surface area contributed by atoms with Crippen molar-refractivity contribution in [2.24, 2.45) is 0 Å². The second-order valence-electron chi connectivity index (χ2n) is 6.31. The summed E-state index contributed by atoms with van der Waals surface area (Å²) in [6.07, 6.45) is 1.67. The summed E-state index contributed by atoms with van der Waals surface area (Å²) in [5, 5.41) is 0. The molecule has 3 aromatic rings. The van der Waals surface area contributed by atoms with E-state index in [1.54, 1.807) is 6.20 Å². The van der Waals surface area contributed by atoms with Crippen molar-refractivity contribution in [1.82, 2.24) is 4.98 Å². The number of aromatic nitrogens is 1. The Morgan fingerprint density at radius 2 is 1.45 bits per heavy atom. The zero-order chi connectivity index (χ0) is 15.3. The summed E-state index contributed by atoms with van der Waals surface area (Å²) < 4.78 is 0. The Hall–Kier alpha value is -2.61. The van der Waals surface area contributed by atoms with Crippen molar-refractivity contribution in [3.8, 4) is 22.3 Å². The Bertz CT molecular complexity index is 934. The van der Waals surface area contributed by atoms with E-state index in [0.717, 1.165) is 11.1 Å². The largest absolute Gasteiger partial charge is 0.329 e. The fraction of sp³-hybridized carbons (Fsp3) is 0.150. The van der Waals surface area contributed by atoms with Crippen LogP contribution in [0.15, 0.2) is 65.6 Å². The highest BCUT2D eigenvalue weighted by atomic mass is 16.1. The van der Waals surface area contributed by atoms with Crippen molar-refractivity contribution in [3.05, 3.63) is 82.3 Å². The first-order valence-electron chi connectivity index (χ1n) is 7.52. The molecule has 0 saturated carbocycles. The SMILES string of the molecule is CC1(C)c2ccccc2-c2c(-c3ccc[nH]c3=O)cccc21. The average molecular weight is 287 g/mol. The Morgan fingerprint density at radius 1 is 0.773 bits per heavy atom. The van der Waals surface area contributed by atoms with E-state index in [9.17, 15) is 4.79 Å². The highest BCUT2D eigenvalue weighted by Gasteiger charge is 2.36. The lowest BCUT2D eigenvalue weighted by Crippen LogP contribution is -2.15. The van der Waals surface area contributed by atoms with Crippen LogP contribution in [-0.2, 0) is 5.41 Å². The Balaban J connectivity index is 2.12. The molecule has 22 heavy (non-hydrogen) atoms. The highest BCUT2D eigenvalue weighted by molar-refractivity contribution is 5.92. The molecule has 1 aliphatic carbocycles. The zero-order valence-corrected chi connectivity index (χ0v) is 12.7. The summed E-state index contributed by atoms with van der Waals surface area (Å²) in [6, 6.07) is 18.5. The van der Waals surface area contributed by atoms with Gasteiger partial charge in [0, 0.05) is 17.2 Å². The lowest BCUT2D eigenvalue weighted by molar-refractivity contribution is 0.660. The van der Waals surface area contributed by atoms with E-state index in [2.05, 4.69) is 49.2 Å². The van der Waals surface area contributed by atoms with E-state index in [4.69, 9.17) is 0 Å². The highest BCUT2D eigenvalue weighted by Crippen LogP contribution is 2.51. The Morgan fingerprint density at radius 3 is 2.27 bits per heavy atom. The van der Waals surface area contributed by atoms with E-state index in [-0.39, 0.29) is 11.0 Å². The third-order valence-electron chi connectivity index (χ3n) is 4.72. The number of pyridine rings is 1. The van der Waals surface area contributed by atoms with Crippen LogP contribution < -0.4 is 5.56 Å². The molecule has 2 heteroatoms. The molecule has 0 aliphatic heterocycles. The van der Waals surface area contributed by atoms with E-state index in [1.807, 2.05) is 24.3 Å². The second-order valence-corrected chi connectivity index (χ2v) is 6.31. The van der Waals surface area contributed by atoms with E-state index >= 15 is 0 Å². The van der Waals surface area contributed by atoms with E-state index in [0.29, 0.717) is 0 Å². The summed E-state index contributed by atoms with van der Waals surface area (Å²) in [4.78, 5) is 15.0. The predicted octanol–water partition coefficient (Wildman–Crippen LogP) is 4.35. The summed E-state index contributed by atoms with van der Waals surface area (Å²) in [5.41, 5.74) is 6.70. The van der Waals surface area contributed by atoms with E-state index in [1.165, 1.54) is 22.3 Å². The number of hydrogen-bond acceptors (Lipinski definition) is 1. The Kier molecular flexibility index (Phi) is 2.64. The van der Waals surface area contributed by atoms with Gasteiger partial charge in [-0.05, 0) is 39.9 Å². The average Bonchev–Trinajstić information content (AvgIpc) is 2.77. The number of aromatic amines is 1. The maximum Gasteiger partial charge on any atom is 0.255 e. The molecule has 0 amide bonds. The van der Waals surface area contributed by atoms with Gasteiger partial charge in [0.15, 0.2) is 0 Å². The van der Waals surface area contributed by atoms with Crippen molar-refractivity contribution in [1.29, 1.82) is 0 Å². The number of benzene rings is 2. The minimum atomic E-state index is -0.0434. The van der Waals surface area contributed by atoms with Crippen LogP contribution in [0.25, 0.3) is 22.3 Å². The fourth-order valence-electron chi connectivity index (χ4n) is 3.61. The van der Waals surface area contributed by atoms with Gasteiger partial charge < -0.3 is 4.98 Å². The number of nitrogens with one attached hydrogen (secondary N) is 1. The van der Waals surface area contributed by atoms with Gasteiger partial charge >= 0.3 is 0 Å². The molecule has 0 spiro atoms. The first-order chi connectivity index (χ1) is 10.6. The minimum absolute atomic E-state index is 0.0382. The minimum Gasteiger partial charge on any atom is -0.329 e. The van der Waals surface area contributed by atoms with Crippen LogP contribution in [0.2, 0.25) is 0 Å². The smallest absolute Gasteiger partial charge is 0.255 e. The number of hydrogen-bond donors (Lipinski definition) is 1. The molecule has 2 aromatic carbocycles. The number of fused-ring (bicyclic) bond motifs is 3. The third kappa shape index (κ3) is 1.64. The molecule has 108 valence electrons. The van der Waals surface area contributed by atoms with Gasteiger partial charge in [-0.15, -0.1) is 0 Å². The van der Waals surface area contributed by atoms with Crippen LogP contribution in [0.1, 0.15) is 25.0 Å². The molecule has 0 atom stereocenters. The van der Waals surface area contributed by atoms with Gasteiger partial charge in [0.05, 0.1) is 0 Å². The van der Waals surface area contributed by atoms with Crippen LogP contribution in [0, 0.1) is 0 Å². The summed E-state index contributed by atoms with van der Waals surface area (Å²) in [6.45, 7) is 4.49. The molecule has 0 unspecified atom stereocenters. The normalized spacial score (nSPS) is 14.5. The van der Waals surface area contributed by atoms with Gasteiger partial charge in [0.25, 0.3) is 5.56 Å². The molecule has 4 rings (SSSR count). The molecule has 1 aromatic heterocycles. The standard InChI is InChI=1S/C20H17NO/c1-20(2)16-10-4-3-7-15(16)18-13(8-5-11-17(18)20)14-9-6-12-21-19(14)22/h3-12H,1-2H3,(H,21,22). The molecule has 1 N–H and O–H groups in total. The number of H-pyrrole nitrogens is 1.